The molecular formula is C16H23N3O3S. The van der Waals surface area contributed by atoms with Gasteiger partial charge in [-0.1, -0.05) is 44.2 Å². The summed E-state index contributed by atoms with van der Waals surface area (Å²) >= 11 is 0. The first-order valence-electron chi connectivity index (χ1n) is 7.64. The van der Waals surface area contributed by atoms with Gasteiger partial charge in [-0.25, -0.2) is 18.1 Å². The lowest BCUT2D eigenvalue weighted by Crippen LogP contribution is -2.29. The van der Waals surface area contributed by atoms with Crippen LogP contribution in [-0.4, -0.2) is 36.6 Å². The third kappa shape index (κ3) is 4.63. The van der Waals surface area contributed by atoms with Gasteiger partial charge < -0.3 is 10.1 Å². The van der Waals surface area contributed by atoms with Crippen LogP contribution in [0.2, 0.25) is 0 Å². The van der Waals surface area contributed by atoms with Crippen LogP contribution in [0.1, 0.15) is 43.5 Å². The molecule has 0 fully saturated rings. The molecule has 2 aromatic rings. The fourth-order valence-electron chi connectivity index (χ4n) is 2.30. The summed E-state index contributed by atoms with van der Waals surface area (Å²) in [5, 5.41) is 9.28. The Morgan fingerprint density at radius 3 is 2.52 bits per heavy atom. The standard InChI is InChI=1S/C16H23N3O3S/c1-12(2)16-17-11-15(19-16)23(21,22)18-10-14(8-9-20)13-6-4-3-5-7-13/h3-7,11-12,14,18,20H,8-10H2,1-2H3,(H,17,19). The van der Waals surface area contributed by atoms with E-state index in [0.29, 0.717) is 12.2 Å². The maximum atomic E-state index is 12.4. The summed E-state index contributed by atoms with van der Waals surface area (Å²) in [7, 11) is -3.64. The van der Waals surface area contributed by atoms with Gasteiger partial charge in [0.15, 0.2) is 5.03 Å². The number of imidazole rings is 1. The highest BCUT2D eigenvalue weighted by Crippen LogP contribution is 2.19. The topological polar surface area (TPSA) is 95.1 Å². The summed E-state index contributed by atoms with van der Waals surface area (Å²) in [6.45, 7) is 4.11. The van der Waals surface area contributed by atoms with Gasteiger partial charge in [-0.15, -0.1) is 0 Å². The molecule has 126 valence electrons. The van der Waals surface area contributed by atoms with Gasteiger partial charge in [0, 0.05) is 19.1 Å². The number of sulfonamides is 1. The molecule has 0 bridgehead atoms. The normalized spacial score (nSPS) is 13.4. The second-order valence-electron chi connectivity index (χ2n) is 5.76. The molecule has 1 aromatic carbocycles. The Morgan fingerprint density at radius 1 is 1.26 bits per heavy atom. The van der Waals surface area contributed by atoms with Crippen molar-refractivity contribution < 1.29 is 13.5 Å². The molecule has 0 radical (unpaired) electrons. The predicted molar refractivity (Wildman–Crippen MR) is 88.8 cm³/mol. The molecule has 0 amide bonds. The van der Waals surface area contributed by atoms with Crippen LogP contribution >= 0.6 is 0 Å². The van der Waals surface area contributed by atoms with Crippen LogP contribution in [0.4, 0.5) is 0 Å². The molecule has 0 aliphatic rings. The second kappa shape index (κ2) is 7.72. The molecule has 1 aromatic heterocycles. The fraction of sp³-hybridized carbons (Fsp3) is 0.438. The number of H-pyrrole nitrogens is 1. The van der Waals surface area contributed by atoms with Crippen molar-refractivity contribution in [3.8, 4) is 0 Å². The Balaban J connectivity index is 2.09. The monoisotopic (exact) mass is 337 g/mol. The first-order chi connectivity index (χ1) is 10.9. The molecule has 23 heavy (non-hydrogen) atoms. The number of nitrogens with zero attached hydrogens (tertiary/aromatic N) is 1. The molecule has 0 saturated heterocycles. The molecule has 0 aliphatic heterocycles. The zero-order valence-corrected chi connectivity index (χ0v) is 14.2. The van der Waals surface area contributed by atoms with Crippen molar-refractivity contribution in [1.82, 2.24) is 14.7 Å². The molecule has 0 spiro atoms. The predicted octanol–water partition coefficient (Wildman–Crippen LogP) is 1.98. The quantitative estimate of drug-likeness (QED) is 0.686. The highest BCUT2D eigenvalue weighted by molar-refractivity contribution is 7.89. The number of hydrogen-bond donors (Lipinski definition) is 3. The molecule has 1 atom stereocenters. The molecule has 2 rings (SSSR count). The number of benzene rings is 1. The summed E-state index contributed by atoms with van der Waals surface area (Å²) in [5.41, 5.74) is 0.997. The smallest absolute Gasteiger partial charge is 0.257 e. The van der Waals surface area contributed by atoms with Gasteiger partial charge in [0.2, 0.25) is 0 Å². The Bertz CT molecular complexity index is 711. The molecule has 3 N–H and O–H groups in total. The number of hydrogen-bond acceptors (Lipinski definition) is 4. The first kappa shape index (κ1) is 17.7. The lowest BCUT2D eigenvalue weighted by molar-refractivity contribution is 0.275. The summed E-state index contributed by atoms with van der Waals surface area (Å²) < 4.78 is 27.3. The number of rotatable bonds is 8. The SMILES string of the molecule is CC(C)c1ncc(S(=O)(=O)NCC(CCO)c2ccccc2)[nH]1. The zero-order chi connectivity index (χ0) is 16.9. The zero-order valence-electron chi connectivity index (χ0n) is 13.4. The number of nitrogens with one attached hydrogen (secondary N) is 2. The van der Waals surface area contributed by atoms with Crippen molar-refractivity contribution in [2.45, 2.75) is 37.1 Å². The number of aromatic nitrogens is 2. The Kier molecular flexibility index (Phi) is 5.92. The average Bonchev–Trinajstić information content (AvgIpc) is 3.03. The van der Waals surface area contributed by atoms with Crippen LogP contribution in [0.15, 0.2) is 41.6 Å². The van der Waals surface area contributed by atoms with Crippen LogP contribution in [0.5, 0.6) is 0 Å². The molecule has 1 heterocycles. The molecule has 7 heteroatoms. The highest BCUT2D eigenvalue weighted by Gasteiger charge is 2.20. The highest BCUT2D eigenvalue weighted by atomic mass is 32.2. The lowest BCUT2D eigenvalue weighted by atomic mass is 9.96. The third-order valence-corrected chi connectivity index (χ3v) is 5.01. The third-order valence-electron chi connectivity index (χ3n) is 3.68. The summed E-state index contributed by atoms with van der Waals surface area (Å²) in [6.07, 6.45) is 1.83. The lowest BCUT2D eigenvalue weighted by Gasteiger charge is -2.16. The van der Waals surface area contributed by atoms with Crippen molar-refractivity contribution in [1.29, 1.82) is 0 Å². The van der Waals surface area contributed by atoms with Crippen LogP contribution < -0.4 is 4.72 Å². The van der Waals surface area contributed by atoms with Crippen molar-refractivity contribution >= 4 is 10.0 Å². The fourth-order valence-corrected chi connectivity index (χ4v) is 3.31. The van der Waals surface area contributed by atoms with E-state index >= 15 is 0 Å². The summed E-state index contributed by atoms with van der Waals surface area (Å²) in [4.78, 5) is 6.93. The van der Waals surface area contributed by atoms with Gasteiger partial charge in [-0.3, -0.25) is 0 Å². The van der Waals surface area contributed by atoms with Gasteiger partial charge in [-0.2, -0.15) is 0 Å². The number of aromatic amines is 1. The van der Waals surface area contributed by atoms with Gasteiger partial charge in [0.1, 0.15) is 5.82 Å². The number of aliphatic hydroxyl groups is 1. The van der Waals surface area contributed by atoms with E-state index in [9.17, 15) is 13.5 Å². The molecular weight excluding hydrogens is 314 g/mol. The molecule has 0 saturated carbocycles. The summed E-state index contributed by atoms with van der Waals surface area (Å²) in [5.74, 6) is 0.689. The van der Waals surface area contributed by atoms with Gasteiger partial charge in [-0.05, 0) is 17.9 Å². The Labute approximate surface area is 137 Å². The van der Waals surface area contributed by atoms with Gasteiger partial charge in [0.05, 0.1) is 6.20 Å². The van der Waals surface area contributed by atoms with E-state index in [1.165, 1.54) is 6.20 Å². The summed E-state index contributed by atoms with van der Waals surface area (Å²) in [6, 6.07) is 9.57. The molecule has 1 unspecified atom stereocenters. The van der Waals surface area contributed by atoms with Gasteiger partial charge in [0.25, 0.3) is 10.0 Å². The average molecular weight is 337 g/mol. The second-order valence-corrected chi connectivity index (χ2v) is 7.49. The van der Waals surface area contributed by atoms with Crippen molar-refractivity contribution in [2.75, 3.05) is 13.2 Å². The maximum Gasteiger partial charge on any atom is 0.257 e. The van der Waals surface area contributed by atoms with Crippen LogP contribution in [0.3, 0.4) is 0 Å². The maximum absolute atomic E-state index is 12.4. The Hall–Kier alpha value is -1.70. The van der Waals surface area contributed by atoms with Gasteiger partial charge >= 0.3 is 0 Å². The minimum Gasteiger partial charge on any atom is -0.396 e. The minimum atomic E-state index is -3.64. The largest absolute Gasteiger partial charge is 0.396 e. The van der Waals surface area contributed by atoms with Crippen molar-refractivity contribution in [3.05, 3.63) is 47.9 Å². The van der Waals surface area contributed by atoms with Crippen LogP contribution in [-0.2, 0) is 10.0 Å². The van der Waals surface area contributed by atoms with E-state index in [4.69, 9.17) is 0 Å². The molecule has 0 aliphatic carbocycles. The molecule has 6 nitrogen and oxygen atoms in total. The van der Waals surface area contributed by atoms with E-state index in [0.717, 1.165) is 5.56 Å². The minimum absolute atomic E-state index is 0.00282. The van der Waals surface area contributed by atoms with E-state index in [1.807, 2.05) is 44.2 Å². The van der Waals surface area contributed by atoms with Crippen molar-refractivity contribution in [3.63, 3.8) is 0 Å². The first-order valence-corrected chi connectivity index (χ1v) is 9.12. The van der Waals surface area contributed by atoms with E-state index in [1.54, 1.807) is 0 Å². The van der Waals surface area contributed by atoms with Crippen LogP contribution in [0, 0.1) is 0 Å². The Morgan fingerprint density at radius 2 is 1.96 bits per heavy atom. The van der Waals surface area contributed by atoms with E-state index in [-0.39, 0.29) is 30.0 Å². The van der Waals surface area contributed by atoms with Crippen LogP contribution in [0.25, 0.3) is 0 Å². The van der Waals surface area contributed by atoms with Crippen molar-refractivity contribution in [2.24, 2.45) is 0 Å². The van der Waals surface area contributed by atoms with E-state index < -0.39 is 10.0 Å². The van der Waals surface area contributed by atoms with E-state index in [2.05, 4.69) is 14.7 Å². The number of aliphatic hydroxyl groups excluding tert-OH is 1.